The van der Waals surface area contributed by atoms with Gasteiger partial charge in [0.15, 0.2) is 17.5 Å². The van der Waals surface area contributed by atoms with Crippen LogP contribution in [0.3, 0.4) is 0 Å². The van der Waals surface area contributed by atoms with E-state index in [1.807, 2.05) is 6.92 Å². The van der Waals surface area contributed by atoms with Crippen LogP contribution in [-0.2, 0) is 4.74 Å². The van der Waals surface area contributed by atoms with Gasteiger partial charge in [-0.05, 0) is 36.3 Å². The fraction of sp³-hybridized carbons (Fsp3) is 0.462. The number of benzene rings is 1. The zero-order valence-electron chi connectivity index (χ0n) is 11.5. The quantitative estimate of drug-likeness (QED) is 0.875. The van der Waals surface area contributed by atoms with Crippen molar-refractivity contribution in [2.24, 2.45) is 0 Å². The topological polar surface area (TPSA) is 78.8 Å². The van der Waals surface area contributed by atoms with Gasteiger partial charge in [-0.15, -0.1) is 5.10 Å². The van der Waals surface area contributed by atoms with Gasteiger partial charge < -0.3 is 10.5 Å². The Balaban J connectivity index is 2.00. The molecular formula is C13H15F2N5O. The molecule has 0 aliphatic carbocycles. The predicted octanol–water partition coefficient (Wildman–Crippen LogP) is 1.94. The Bertz CT molecular complexity index is 654. The van der Waals surface area contributed by atoms with Crippen LogP contribution in [0.5, 0.6) is 0 Å². The zero-order chi connectivity index (χ0) is 15.0. The normalized spacial score (nSPS) is 19.9. The van der Waals surface area contributed by atoms with E-state index in [0.29, 0.717) is 12.4 Å². The molecule has 0 amide bonds. The molecule has 1 saturated heterocycles. The molecule has 112 valence electrons. The van der Waals surface area contributed by atoms with Gasteiger partial charge in [-0.1, -0.05) is 0 Å². The summed E-state index contributed by atoms with van der Waals surface area (Å²) in [5.74, 6) is -1.68. The van der Waals surface area contributed by atoms with E-state index in [-0.39, 0.29) is 23.4 Å². The highest BCUT2D eigenvalue weighted by Gasteiger charge is 2.27. The molecule has 6 nitrogen and oxygen atoms in total. The second kappa shape index (κ2) is 5.36. The zero-order valence-corrected chi connectivity index (χ0v) is 11.5. The van der Waals surface area contributed by atoms with E-state index in [1.54, 1.807) is 4.68 Å². The summed E-state index contributed by atoms with van der Waals surface area (Å²) in [5.41, 5.74) is 6.11. The lowest BCUT2D eigenvalue weighted by atomic mass is 10.1. The maximum Gasteiger partial charge on any atom is 0.184 e. The summed E-state index contributed by atoms with van der Waals surface area (Å²) in [6.45, 7) is 2.63. The molecule has 0 bridgehead atoms. The van der Waals surface area contributed by atoms with Crippen LogP contribution in [0, 0.1) is 11.6 Å². The van der Waals surface area contributed by atoms with E-state index >= 15 is 0 Å². The van der Waals surface area contributed by atoms with Crippen molar-refractivity contribution in [1.29, 1.82) is 0 Å². The molecule has 21 heavy (non-hydrogen) atoms. The number of anilines is 1. The molecule has 0 spiro atoms. The highest BCUT2D eigenvalue weighted by molar-refractivity contribution is 5.71. The second-order valence-corrected chi connectivity index (χ2v) is 5.09. The second-order valence-electron chi connectivity index (χ2n) is 5.09. The van der Waals surface area contributed by atoms with Gasteiger partial charge in [-0.25, -0.2) is 13.5 Å². The Morgan fingerprint density at radius 1 is 1.38 bits per heavy atom. The summed E-state index contributed by atoms with van der Waals surface area (Å²) >= 11 is 0. The van der Waals surface area contributed by atoms with Crippen molar-refractivity contribution in [2.75, 3.05) is 12.3 Å². The van der Waals surface area contributed by atoms with Gasteiger partial charge in [0, 0.05) is 23.9 Å². The average Bonchev–Trinajstić information content (AvgIpc) is 3.12. The fourth-order valence-electron chi connectivity index (χ4n) is 2.54. The molecule has 3 rings (SSSR count). The lowest BCUT2D eigenvalue weighted by Crippen LogP contribution is -2.23. The Morgan fingerprint density at radius 2 is 2.14 bits per heavy atom. The standard InChI is InChI=1S/C13H15F2N5O/c1-7(12-3-2-4-21-12)20-13(17-18-19-20)8-5-9(14)10(15)6-11(8)16/h5-7,12H,2-4,16H2,1H3. The van der Waals surface area contributed by atoms with E-state index in [9.17, 15) is 8.78 Å². The number of rotatable bonds is 3. The Hall–Kier alpha value is -2.09. The Morgan fingerprint density at radius 3 is 2.86 bits per heavy atom. The molecule has 1 aliphatic rings. The van der Waals surface area contributed by atoms with Gasteiger partial charge in [-0.3, -0.25) is 0 Å². The number of tetrazole rings is 1. The highest BCUT2D eigenvalue weighted by atomic mass is 19.2. The van der Waals surface area contributed by atoms with E-state index in [0.717, 1.165) is 25.0 Å². The first-order chi connectivity index (χ1) is 10.1. The summed E-state index contributed by atoms with van der Waals surface area (Å²) < 4.78 is 33.8. The molecule has 2 atom stereocenters. The van der Waals surface area contributed by atoms with Crippen molar-refractivity contribution in [2.45, 2.75) is 31.9 Å². The van der Waals surface area contributed by atoms with Crippen LogP contribution in [0.4, 0.5) is 14.5 Å². The number of nitrogens with zero attached hydrogens (tertiary/aromatic N) is 4. The monoisotopic (exact) mass is 295 g/mol. The molecule has 2 aromatic rings. The minimum Gasteiger partial charge on any atom is -0.398 e. The van der Waals surface area contributed by atoms with Gasteiger partial charge in [-0.2, -0.15) is 0 Å². The number of halogens is 2. The van der Waals surface area contributed by atoms with E-state index < -0.39 is 11.6 Å². The Kier molecular flexibility index (Phi) is 3.54. The van der Waals surface area contributed by atoms with Crippen LogP contribution in [0.15, 0.2) is 12.1 Å². The fourth-order valence-corrected chi connectivity index (χ4v) is 2.54. The first kappa shape index (κ1) is 13.9. The number of ether oxygens (including phenoxy) is 1. The smallest absolute Gasteiger partial charge is 0.184 e. The largest absolute Gasteiger partial charge is 0.398 e. The number of nitrogen functional groups attached to an aromatic ring is 1. The summed E-state index contributed by atoms with van der Waals surface area (Å²) in [6, 6.07) is 1.82. The van der Waals surface area contributed by atoms with Crippen LogP contribution in [0.2, 0.25) is 0 Å². The third-order valence-corrected chi connectivity index (χ3v) is 3.71. The number of aromatic nitrogens is 4. The molecule has 1 aliphatic heterocycles. The van der Waals surface area contributed by atoms with Crippen LogP contribution in [0.25, 0.3) is 11.4 Å². The van der Waals surface area contributed by atoms with Crippen LogP contribution >= 0.6 is 0 Å². The molecule has 1 aromatic heterocycles. The van der Waals surface area contributed by atoms with Crippen LogP contribution in [-0.4, -0.2) is 32.9 Å². The summed E-state index contributed by atoms with van der Waals surface area (Å²) in [7, 11) is 0. The van der Waals surface area contributed by atoms with Crippen molar-refractivity contribution in [3.05, 3.63) is 23.8 Å². The van der Waals surface area contributed by atoms with Crippen molar-refractivity contribution in [3.63, 3.8) is 0 Å². The van der Waals surface area contributed by atoms with Gasteiger partial charge in [0.2, 0.25) is 0 Å². The number of hydrogen-bond donors (Lipinski definition) is 1. The average molecular weight is 295 g/mol. The minimum absolute atomic E-state index is 0.00114. The maximum atomic E-state index is 13.5. The maximum absolute atomic E-state index is 13.5. The van der Waals surface area contributed by atoms with Crippen molar-refractivity contribution in [3.8, 4) is 11.4 Å². The predicted molar refractivity (Wildman–Crippen MR) is 71.3 cm³/mol. The van der Waals surface area contributed by atoms with E-state index in [2.05, 4.69) is 15.5 Å². The first-order valence-electron chi connectivity index (χ1n) is 6.72. The van der Waals surface area contributed by atoms with E-state index in [4.69, 9.17) is 10.5 Å². The molecule has 1 fully saturated rings. The SMILES string of the molecule is CC(C1CCCO1)n1nnnc1-c1cc(F)c(F)cc1N. The number of hydrogen-bond acceptors (Lipinski definition) is 5. The van der Waals surface area contributed by atoms with Crippen molar-refractivity contribution >= 4 is 5.69 Å². The van der Waals surface area contributed by atoms with Crippen molar-refractivity contribution in [1.82, 2.24) is 20.2 Å². The summed E-state index contributed by atoms with van der Waals surface area (Å²) in [4.78, 5) is 0. The molecule has 1 aromatic carbocycles. The Labute approximate surface area is 119 Å². The molecular weight excluding hydrogens is 280 g/mol. The molecule has 0 radical (unpaired) electrons. The lowest BCUT2D eigenvalue weighted by Gasteiger charge is -2.19. The lowest BCUT2D eigenvalue weighted by molar-refractivity contribution is 0.0690. The minimum atomic E-state index is -0.998. The van der Waals surface area contributed by atoms with Crippen LogP contribution in [0.1, 0.15) is 25.8 Å². The van der Waals surface area contributed by atoms with Gasteiger partial charge in [0.25, 0.3) is 0 Å². The molecule has 0 saturated carbocycles. The third kappa shape index (κ3) is 2.46. The first-order valence-corrected chi connectivity index (χ1v) is 6.72. The summed E-state index contributed by atoms with van der Waals surface area (Å²) in [6.07, 6.45) is 1.90. The molecule has 8 heteroatoms. The molecule has 2 heterocycles. The van der Waals surface area contributed by atoms with Gasteiger partial charge in [0.05, 0.1) is 12.1 Å². The number of nitrogens with two attached hydrogens (primary N) is 1. The van der Waals surface area contributed by atoms with Crippen molar-refractivity contribution < 1.29 is 13.5 Å². The molecule has 2 N–H and O–H groups in total. The third-order valence-electron chi connectivity index (χ3n) is 3.71. The van der Waals surface area contributed by atoms with E-state index in [1.165, 1.54) is 0 Å². The highest BCUT2D eigenvalue weighted by Crippen LogP contribution is 2.30. The van der Waals surface area contributed by atoms with Gasteiger partial charge in [0.1, 0.15) is 0 Å². The molecule has 2 unspecified atom stereocenters. The van der Waals surface area contributed by atoms with Gasteiger partial charge >= 0.3 is 0 Å². The van der Waals surface area contributed by atoms with Crippen LogP contribution < -0.4 is 5.73 Å². The summed E-state index contributed by atoms with van der Waals surface area (Å²) in [5, 5.41) is 11.4.